The molecule has 1 amide bonds. The predicted octanol–water partition coefficient (Wildman–Crippen LogP) is 3.45. The normalized spacial score (nSPS) is 17.2. The van der Waals surface area contributed by atoms with E-state index in [1.807, 2.05) is 47.4 Å². The fraction of sp³-hybridized carbons (Fsp3) is 0.278. The maximum Gasteiger partial charge on any atom is 0.254 e. The van der Waals surface area contributed by atoms with Crippen LogP contribution in [0.5, 0.6) is 5.75 Å². The van der Waals surface area contributed by atoms with Crippen molar-refractivity contribution in [2.45, 2.75) is 19.4 Å². The first kappa shape index (κ1) is 13.7. The third-order valence-corrected chi connectivity index (χ3v) is 4.17. The Bertz CT molecular complexity index is 652. The minimum absolute atomic E-state index is 0.0663. The van der Waals surface area contributed by atoms with Crippen LogP contribution in [-0.4, -0.2) is 24.5 Å². The lowest BCUT2D eigenvalue weighted by atomic mass is 9.92. The summed E-state index contributed by atoms with van der Waals surface area (Å²) in [6.45, 7) is 2.84. The molecular weight excluding hydrogens is 262 g/mol. The molecule has 3 nitrogen and oxygen atoms in total. The van der Waals surface area contributed by atoms with Crippen LogP contribution in [0.2, 0.25) is 0 Å². The van der Waals surface area contributed by atoms with E-state index in [2.05, 4.69) is 13.0 Å². The van der Waals surface area contributed by atoms with Gasteiger partial charge < -0.3 is 9.64 Å². The average Bonchev–Trinajstić information content (AvgIpc) is 2.55. The molecule has 0 N–H and O–H groups in total. The van der Waals surface area contributed by atoms with Crippen molar-refractivity contribution < 1.29 is 9.53 Å². The molecule has 2 aromatic rings. The molecule has 1 aliphatic rings. The number of methoxy groups -OCH3 is 1. The fourth-order valence-corrected chi connectivity index (χ4v) is 2.94. The number of rotatable bonds is 2. The van der Waals surface area contributed by atoms with Gasteiger partial charge in [-0.3, -0.25) is 4.79 Å². The lowest BCUT2D eigenvalue weighted by molar-refractivity contribution is 0.0677. The van der Waals surface area contributed by atoms with E-state index in [1.165, 1.54) is 11.1 Å². The van der Waals surface area contributed by atoms with Crippen LogP contribution >= 0.6 is 0 Å². The van der Waals surface area contributed by atoms with Crippen LogP contribution in [0.15, 0.2) is 48.5 Å². The lowest BCUT2D eigenvalue weighted by Gasteiger charge is -2.35. The summed E-state index contributed by atoms with van der Waals surface area (Å²) in [7, 11) is 1.67. The van der Waals surface area contributed by atoms with Gasteiger partial charge in [0.2, 0.25) is 0 Å². The number of nitrogens with zero attached hydrogens (tertiary/aromatic N) is 1. The molecule has 2 aromatic carbocycles. The highest BCUT2D eigenvalue weighted by Crippen LogP contribution is 2.32. The van der Waals surface area contributed by atoms with Gasteiger partial charge >= 0.3 is 0 Å². The van der Waals surface area contributed by atoms with Gasteiger partial charge in [-0.2, -0.15) is 0 Å². The molecule has 1 atom stereocenters. The van der Waals surface area contributed by atoms with Crippen LogP contribution < -0.4 is 4.74 Å². The molecule has 0 aliphatic carbocycles. The summed E-state index contributed by atoms with van der Waals surface area (Å²) >= 11 is 0. The van der Waals surface area contributed by atoms with Gasteiger partial charge in [-0.1, -0.05) is 24.3 Å². The fourth-order valence-electron chi connectivity index (χ4n) is 2.94. The maximum atomic E-state index is 12.7. The van der Waals surface area contributed by atoms with Crippen molar-refractivity contribution in [3.8, 4) is 5.75 Å². The van der Waals surface area contributed by atoms with Crippen LogP contribution in [0, 0.1) is 0 Å². The first-order valence-electron chi connectivity index (χ1n) is 7.23. The van der Waals surface area contributed by atoms with Crippen molar-refractivity contribution in [3.63, 3.8) is 0 Å². The Balaban J connectivity index is 1.91. The second kappa shape index (κ2) is 5.60. The van der Waals surface area contributed by atoms with Crippen LogP contribution in [-0.2, 0) is 6.42 Å². The second-order valence-corrected chi connectivity index (χ2v) is 5.36. The summed E-state index contributed by atoms with van der Waals surface area (Å²) in [5.74, 6) is 0.936. The zero-order chi connectivity index (χ0) is 14.8. The monoisotopic (exact) mass is 281 g/mol. The predicted molar refractivity (Wildman–Crippen MR) is 82.6 cm³/mol. The van der Waals surface area contributed by atoms with Gasteiger partial charge in [0.15, 0.2) is 0 Å². The molecule has 1 unspecified atom stereocenters. The van der Waals surface area contributed by atoms with Crippen molar-refractivity contribution in [1.29, 1.82) is 0 Å². The molecule has 21 heavy (non-hydrogen) atoms. The molecule has 0 fully saturated rings. The first-order chi connectivity index (χ1) is 10.2. The van der Waals surface area contributed by atoms with Gasteiger partial charge in [0.1, 0.15) is 5.75 Å². The van der Waals surface area contributed by atoms with E-state index in [0.717, 1.165) is 24.3 Å². The van der Waals surface area contributed by atoms with Crippen LogP contribution in [0.25, 0.3) is 0 Å². The van der Waals surface area contributed by atoms with Crippen LogP contribution in [0.1, 0.15) is 34.5 Å². The molecule has 3 rings (SSSR count). The molecular formula is C18H19NO2. The summed E-state index contributed by atoms with van der Waals surface area (Å²) in [6, 6.07) is 15.7. The van der Waals surface area contributed by atoms with Gasteiger partial charge in [-0.05, 0) is 48.7 Å². The zero-order valence-electron chi connectivity index (χ0n) is 12.4. The summed E-state index contributed by atoms with van der Waals surface area (Å²) in [5, 5.41) is 0. The van der Waals surface area contributed by atoms with Crippen molar-refractivity contribution in [2.75, 3.05) is 13.7 Å². The Morgan fingerprint density at radius 2 is 1.95 bits per heavy atom. The standard InChI is InChI=1S/C18H19NO2/c1-13-17-12-16(21-2)9-8-14(17)10-11-19(13)18(20)15-6-4-3-5-7-15/h3-9,12-13H,10-11H2,1-2H3. The number of benzene rings is 2. The Labute approximate surface area is 125 Å². The van der Waals surface area contributed by atoms with E-state index in [4.69, 9.17) is 4.74 Å². The van der Waals surface area contributed by atoms with E-state index in [0.29, 0.717) is 0 Å². The second-order valence-electron chi connectivity index (χ2n) is 5.36. The number of carbonyl (C=O) groups is 1. The topological polar surface area (TPSA) is 29.5 Å². The minimum atomic E-state index is 0.0663. The maximum absolute atomic E-state index is 12.7. The van der Waals surface area contributed by atoms with Crippen molar-refractivity contribution in [3.05, 3.63) is 65.2 Å². The average molecular weight is 281 g/mol. The Morgan fingerprint density at radius 3 is 2.67 bits per heavy atom. The molecule has 3 heteroatoms. The van der Waals surface area contributed by atoms with E-state index in [1.54, 1.807) is 7.11 Å². The molecule has 0 bridgehead atoms. The van der Waals surface area contributed by atoms with Gasteiger partial charge in [-0.25, -0.2) is 0 Å². The van der Waals surface area contributed by atoms with E-state index < -0.39 is 0 Å². The minimum Gasteiger partial charge on any atom is -0.497 e. The van der Waals surface area contributed by atoms with Gasteiger partial charge in [0.05, 0.1) is 13.2 Å². The van der Waals surface area contributed by atoms with Crippen LogP contribution in [0.4, 0.5) is 0 Å². The lowest BCUT2D eigenvalue weighted by Crippen LogP contribution is -2.38. The van der Waals surface area contributed by atoms with E-state index in [-0.39, 0.29) is 11.9 Å². The smallest absolute Gasteiger partial charge is 0.254 e. The van der Waals surface area contributed by atoms with Crippen molar-refractivity contribution in [2.24, 2.45) is 0 Å². The van der Waals surface area contributed by atoms with Gasteiger partial charge in [0, 0.05) is 12.1 Å². The highest BCUT2D eigenvalue weighted by atomic mass is 16.5. The number of ether oxygens (including phenoxy) is 1. The summed E-state index contributed by atoms with van der Waals surface area (Å²) in [5.41, 5.74) is 3.24. The molecule has 1 heterocycles. The molecule has 108 valence electrons. The largest absolute Gasteiger partial charge is 0.497 e. The third kappa shape index (κ3) is 2.51. The molecule has 0 radical (unpaired) electrons. The van der Waals surface area contributed by atoms with E-state index >= 15 is 0 Å². The van der Waals surface area contributed by atoms with Crippen molar-refractivity contribution >= 4 is 5.91 Å². The third-order valence-electron chi connectivity index (χ3n) is 4.17. The molecule has 0 saturated carbocycles. The zero-order valence-corrected chi connectivity index (χ0v) is 12.4. The summed E-state index contributed by atoms with van der Waals surface area (Å²) in [6.07, 6.45) is 0.891. The Hall–Kier alpha value is -2.29. The molecule has 1 aliphatic heterocycles. The highest BCUT2D eigenvalue weighted by Gasteiger charge is 2.28. The number of fused-ring (bicyclic) bond motifs is 1. The quantitative estimate of drug-likeness (QED) is 0.843. The van der Waals surface area contributed by atoms with Crippen LogP contribution in [0.3, 0.4) is 0 Å². The number of carbonyl (C=O) groups excluding carboxylic acids is 1. The Kier molecular flexibility index (Phi) is 3.65. The number of hydrogen-bond donors (Lipinski definition) is 0. The highest BCUT2D eigenvalue weighted by molar-refractivity contribution is 5.94. The summed E-state index contributed by atoms with van der Waals surface area (Å²) in [4.78, 5) is 14.6. The molecule has 0 saturated heterocycles. The number of hydrogen-bond acceptors (Lipinski definition) is 2. The van der Waals surface area contributed by atoms with Gasteiger partial charge in [0.25, 0.3) is 5.91 Å². The SMILES string of the molecule is COc1ccc2c(c1)C(C)N(C(=O)c1ccccc1)CC2. The van der Waals surface area contributed by atoms with Gasteiger partial charge in [-0.15, -0.1) is 0 Å². The summed E-state index contributed by atoms with van der Waals surface area (Å²) < 4.78 is 5.31. The number of amides is 1. The first-order valence-corrected chi connectivity index (χ1v) is 7.23. The molecule has 0 spiro atoms. The van der Waals surface area contributed by atoms with E-state index in [9.17, 15) is 4.79 Å². The Morgan fingerprint density at radius 1 is 1.19 bits per heavy atom. The van der Waals surface area contributed by atoms with Crippen molar-refractivity contribution in [1.82, 2.24) is 4.90 Å². The molecule has 0 aromatic heterocycles.